The Hall–Kier alpha value is -0.0400. The van der Waals surface area contributed by atoms with Gasteiger partial charge in [0, 0.05) is 0 Å². The average Bonchev–Trinajstić information content (AvgIpc) is 2.96. The highest BCUT2D eigenvalue weighted by Gasteiger charge is 2.34. The van der Waals surface area contributed by atoms with Crippen molar-refractivity contribution < 1.29 is 4.74 Å². The minimum absolute atomic E-state index is 0.596. The van der Waals surface area contributed by atoms with Crippen LogP contribution in [-0.4, -0.2) is 12.7 Å². The summed E-state index contributed by atoms with van der Waals surface area (Å²) >= 11 is 0. The zero-order chi connectivity index (χ0) is 13.8. The molecule has 0 radical (unpaired) electrons. The first kappa shape index (κ1) is 14.9. The van der Waals surface area contributed by atoms with E-state index in [-0.39, 0.29) is 0 Å². The fraction of sp³-hybridized carbons (Fsp3) is 1.00. The first-order valence-electron chi connectivity index (χ1n) is 9.44. The van der Waals surface area contributed by atoms with Crippen molar-refractivity contribution in [3.63, 3.8) is 0 Å². The first-order chi connectivity index (χ1) is 9.83. The Morgan fingerprint density at radius 2 is 1.50 bits per heavy atom. The molecular weight excluding hydrogens is 244 g/mol. The molecule has 2 unspecified atom stereocenters. The minimum Gasteiger partial charge on any atom is -0.378 e. The summed E-state index contributed by atoms with van der Waals surface area (Å²) in [5.74, 6) is 3.90. The molecule has 0 amide bonds. The summed E-state index contributed by atoms with van der Waals surface area (Å²) in [5.41, 5.74) is 0. The van der Waals surface area contributed by atoms with Crippen LogP contribution in [0.25, 0.3) is 0 Å². The Morgan fingerprint density at radius 3 is 2.25 bits per heavy atom. The average molecular weight is 278 g/mol. The largest absolute Gasteiger partial charge is 0.378 e. The SMILES string of the molecule is CC1CCC(OCC2CCCC2C2CCCCC2)CC1. The lowest BCUT2D eigenvalue weighted by molar-refractivity contribution is -0.0126. The Labute approximate surface area is 125 Å². The van der Waals surface area contributed by atoms with E-state index in [1.807, 2.05) is 0 Å². The lowest BCUT2D eigenvalue weighted by Crippen LogP contribution is -2.28. The van der Waals surface area contributed by atoms with Crippen LogP contribution in [-0.2, 0) is 4.74 Å². The van der Waals surface area contributed by atoms with Gasteiger partial charge in [0.25, 0.3) is 0 Å². The molecule has 3 aliphatic carbocycles. The van der Waals surface area contributed by atoms with Crippen LogP contribution in [0, 0.1) is 23.7 Å². The lowest BCUT2D eigenvalue weighted by Gasteiger charge is -2.33. The fourth-order valence-electron chi connectivity index (χ4n) is 5.11. The number of rotatable bonds is 4. The van der Waals surface area contributed by atoms with E-state index in [0.717, 1.165) is 30.3 Å². The molecule has 116 valence electrons. The van der Waals surface area contributed by atoms with Gasteiger partial charge in [0.1, 0.15) is 0 Å². The third kappa shape index (κ3) is 3.78. The van der Waals surface area contributed by atoms with Crippen LogP contribution in [0.2, 0.25) is 0 Å². The van der Waals surface area contributed by atoms with E-state index in [0.29, 0.717) is 6.10 Å². The maximum absolute atomic E-state index is 6.34. The molecule has 2 atom stereocenters. The second-order valence-electron chi connectivity index (χ2n) is 7.97. The zero-order valence-corrected chi connectivity index (χ0v) is 13.5. The van der Waals surface area contributed by atoms with Gasteiger partial charge in [-0.2, -0.15) is 0 Å². The fourth-order valence-corrected chi connectivity index (χ4v) is 5.11. The van der Waals surface area contributed by atoms with Gasteiger partial charge in [-0.25, -0.2) is 0 Å². The van der Waals surface area contributed by atoms with E-state index in [2.05, 4.69) is 6.92 Å². The molecule has 0 saturated heterocycles. The van der Waals surface area contributed by atoms with Crippen LogP contribution in [0.3, 0.4) is 0 Å². The first-order valence-corrected chi connectivity index (χ1v) is 9.44. The summed E-state index contributed by atoms with van der Waals surface area (Å²) in [6, 6.07) is 0. The van der Waals surface area contributed by atoms with Gasteiger partial charge in [-0.3, -0.25) is 0 Å². The highest BCUT2D eigenvalue weighted by atomic mass is 16.5. The second-order valence-corrected chi connectivity index (χ2v) is 7.97. The van der Waals surface area contributed by atoms with Crippen LogP contribution in [0.1, 0.15) is 84.0 Å². The lowest BCUT2D eigenvalue weighted by atomic mass is 9.75. The maximum Gasteiger partial charge on any atom is 0.0575 e. The van der Waals surface area contributed by atoms with Gasteiger partial charge in [0.2, 0.25) is 0 Å². The van der Waals surface area contributed by atoms with E-state index in [9.17, 15) is 0 Å². The Bertz CT molecular complexity index is 273. The van der Waals surface area contributed by atoms with Crippen LogP contribution >= 0.6 is 0 Å². The normalized spacial score (nSPS) is 40.0. The minimum atomic E-state index is 0.596. The second kappa shape index (κ2) is 7.29. The molecule has 3 aliphatic rings. The van der Waals surface area contributed by atoms with Crippen LogP contribution < -0.4 is 0 Å². The molecule has 0 bridgehead atoms. The van der Waals surface area contributed by atoms with Gasteiger partial charge in [-0.05, 0) is 62.2 Å². The standard InChI is InChI=1S/C19H34O/c1-15-10-12-18(13-11-15)20-14-17-8-5-9-19(17)16-6-3-2-4-7-16/h15-19H,2-14H2,1H3. The summed E-state index contributed by atoms with van der Waals surface area (Å²) < 4.78 is 6.34. The van der Waals surface area contributed by atoms with E-state index in [1.54, 1.807) is 0 Å². The summed E-state index contributed by atoms with van der Waals surface area (Å²) in [6.45, 7) is 3.48. The maximum atomic E-state index is 6.34. The Morgan fingerprint density at radius 1 is 0.750 bits per heavy atom. The molecule has 0 spiro atoms. The predicted octanol–water partition coefficient (Wildman–Crippen LogP) is 5.58. The van der Waals surface area contributed by atoms with Crippen molar-refractivity contribution >= 4 is 0 Å². The molecule has 3 rings (SSSR count). The highest BCUT2D eigenvalue weighted by molar-refractivity contribution is 4.85. The van der Waals surface area contributed by atoms with Crippen LogP contribution in [0.15, 0.2) is 0 Å². The summed E-state index contributed by atoms with van der Waals surface area (Å²) in [7, 11) is 0. The number of ether oxygens (including phenoxy) is 1. The summed E-state index contributed by atoms with van der Waals surface area (Å²) in [6.07, 6.45) is 18.0. The Kier molecular flexibility index (Phi) is 5.42. The van der Waals surface area contributed by atoms with Gasteiger partial charge >= 0.3 is 0 Å². The third-order valence-corrected chi connectivity index (χ3v) is 6.48. The smallest absolute Gasteiger partial charge is 0.0575 e. The number of hydrogen-bond donors (Lipinski definition) is 0. The monoisotopic (exact) mass is 278 g/mol. The molecule has 1 heteroatoms. The van der Waals surface area contributed by atoms with Gasteiger partial charge in [0.15, 0.2) is 0 Å². The van der Waals surface area contributed by atoms with Crippen LogP contribution in [0.5, 0.6) is 0 Å². The van der Waals surface area contributed by atoms with Crippen molar-refractivity contribution in [3.8, 4) is 0 Å². The van der Waals surface area contributed by atoms with Crippen molar-refractivity contribution in [1.82, 2.24) is 0 Å². The summed E-state index contributed by atoms with van der Waals surface area (Å²) in [4.78, 5) is 0. The number of hydrogen-bond acceptors (Lipinski definition) is 1. The van der Waals surface area contributed by atoms with Crippen molar-refractivity contribution in [2.24, 2.45) is 23.7 Å². The molecule has 20 heavy (non-hydrogen) atoms. The predicted molar refractivity (Wildman–Crippen MR) is 84.8 cm³/mol. The molecule has 0 heterocycles. The molecule has 0 aromatic carbocycles. The van der Waals surface area contributed by atoms with Gasteiger partial charge in [-0.15, -0.1) is 0 Å². The van der Waals surface area contributed by atoms with Crippen LogP contribution in [0.4, 0.5) is 0 Å². The molecule has 0 N–H and O–H groups in total. The topological polar surface area (TPSA) is 9.23 Å². The zero-order valence-electron chi connectivity index (χ0n) is 13.5. The van der Waals surface area contributed by atoms with E-state index >= 15 is 0 Å². The van der Waals surface area contributed by atoms with Crippen molar-refractivity contribution in [3.05, 3.63) is 0 Å². The van der Waals surface area contributed by atoms with Crippen molar-refractivity contribution in [1.29, 1.82) is 0 Å². The molecule has 0 aromatic rings. The molecule has 3 fully saturated rings. The summed E-state index contributed by atoms with van der Waals surface area (Å²) in [5, 5.41) is 0. The van der Waals surface area contributed by atoms with E-state index in [4.69, 9.17) is 4.74 Å². The molecule has 0 aliphatic heterocycles. The van der Waals surface area contributed by atoms with Gasteiger partial charge in [-0.1, -0.05) is 45.4 Å². The highest BCUT2D eigenvalue weighted by Crippen LogP contribution is 2.43. The Balaban J connectivity index is 1.44. The van der Waals surface area contributed by atoms with Crippen molar-refractivity contribution in [2.75, 3.05) is 6.61 Å². The molecule has 3 saturated carbocycles. The molecule has 1 nitrogen and oxygen atoms in total. The van der Waals surface area contributed by atoms with Crippen molar-refractivity contribution in [2.45, 2.75) is 90.1 Å². The molecular formula is C19H34O. The third-order valence-electron chi connectivity index (χ3n) is 6.48. The van der Waals surface area contributed by atoms with E-state index < -0.39 is 0 Å². The van der Waals surface area contributed by atoms with Gasteiger partial charge < -0.3 is 4.74 Å². The quantitative estimate of drug-likeness (QED) is 0.652. The van der Waals surface area contributed by atoms with Gasteiger partial charge in [0.05, 0.1) is 12.7 Å². The molecule has 0 aromatic heterocycles. The van der Waals surface area contributed by atoms with E-state index in [1.165, 1.54) is 77.0 Å².